The van der Waals surface area contributed by atoms with Crippen LogP contribution in [0.15, 0.2) is 0 Å². The molecule has 0 radical (unpaired) electrons. The molecule has 1 amide bonds. The number of carbonyl (C=O) groups is 1. The largest absolute Gasteiger partial charge is 0.351 e. The van der Waals surface area contributed by atoms with Crippen LogP contribution in [0.2, 0.25) is 0 Å². The maximum Gasteiger partial charge on any atom is 0.263 e. The van der Waals surface area contributed by atoms with E-state index in [4.69, 9.17) is 5.73 Å². The molecule has 0 aliphatic carbocycles. The molecule has 3 N–H and O–H groups in total. The zero-order chi connectivity index (χ0) is 12.8. The maximum atomic E-state index is 12.0. The second kappa shape index (κ2) is 10.4. The van der Waals surface area contributed by atoms with Crippen LogP contribution >= 0.6 is 36.2 Å². The van der Waals surface area contributed by atoms with Gasteiger partial charge in [0.1, 0.15) is 4.88 Å². The van der Waals surface area contributed by atoms with E-state index in [9.17, 15) is 4.79 Å². The summed E-state index contributed by atoms with van der Waals surface area (Å²) in [7, 11) is 0. The molecule has 112 valence electrons. The normalized spacial score (nSPS) is 9.74. The molecule has 0 fully saturated rings. The summed E-state index contributed by atoms with van der Waals surface area (Å²) in [5, 5.41) is 3.83. The van der Waals surface area contributed by atoms with Crippen molar-refractivity contribution in [2.75, 3.05) is 13.1 Å². The van der Waals surface area contributed by atoms with Crippen LogP contribution in [0.25, 0.3) is 0 Å². The zero-order valence-electron chi connectivity index (χ0n) is 11.6. The van der Waals surface area contributed by atoms with E-state index in [1.54, 1.807) is 0 Å². The molecule has 0 saturated heterocycles. The Morgan fingerprint density at radius 3 is 2.58 bits per heavy atom. The van der Waals surface area contributed by atoms with E-state index in [0.29, 0.717) is 19.0 Å². The summed E-state index contributed by atoms with van der Waals surface area (Å²) in [5.74, 6) is 0.492. The van der Waals surface area contributed by atoms with Crippen molar-refractivity contribution in [3.05, 3.63) is 15.6 Å². The first-order valence-corrected chi connectivity index (χ1v) is 6.80. The van der Waals surface area contributed by atoms with Gasteiger partial charge in [0.2, 0.25) is 0 Å². The van der Waals surface area contributed by atoms with E-state index in [1.807, 2.05) is 6.92 Å². The number of hydrogen-bond acceptors (Lipinski definition) is 4. The molecule has 7 heteroatoms. The van der Waals surface area contributed by atoms with Crippen LogP contribution in [0.3, 0.4) is 0 Å². The highest BCUT2D eigenvalue weighted by Gasteiger charge is 2.16. The summed E-state index contributed by atoms with van der Waals surface area (Å²) in [6.45, 7) is 7.43. The fourth-order valence-corrected chi connectivity index (χ4v) is 2.42. The van der Waals surface area contributed by atoms with Crippen molar-refractivity contribution >= 4 is 42.1 Å². The summed E-state index contributed by atoms with van der Waals surface area (Å²) >= 11 is 1.47. The average Bonchev–Trinajstić information content (AvgIpc) is 2.58. The molecule has 1 aromatic heterocycles. The number of amides is 1. The lowest BCUT2D eigenvalue weighted by Crippen LogP contribution is -2.26. The number of carbonyl (C=O) groups excluding carboxylic acids is 1. The Morgan fingerprint density at radius 1 is 1.42 bits per heavy atom. The standard InChI is InChI=1S/C12H21N3OS.2ClH/c1-8(2)7-10-11(17-9(3)15-10)12(16)14-6-4-5-13;;/h8H,4-7,13H2,1-3H3,(H,14,16);2*1H. The molecule has 0 saturated carbocycles. The highest BCUT2D eigenvalue weighted by molar-refractivity contribution is 7.13. The topological polar surface area (TPSA) is 68.0 Å². The van der Waals surface area contributed by atoms with Gasteiger partial charge in [0.25, 0.3) is 5.91 Å². The number of halogens is 2. The minimum Gasteiger partial charge on any atom is -0.351 e. The third-order valence-corrected chi connectivity index (χ3v) is 3.29. The number of hydrogen-bond donors (Lipinski definition) is 2. The molecule has 0 bridgehead atoms. The Balaban J connectivity index is 0. The highest BCUT2D eigenvalue weighted by atomic mass is 35.5. The van der Waals surface area contributed by atoms with Gasteiger partial charge in [-0.05, 0) is 32.2 Å². The summed E-state index contributed by atoms with van der Waals surface area (Å²) < 4.78 is 0. The zero-order valence-corrected chi connectivity index (χ0v) is 14.0. The van der Waals surface area contributed by atoms with Gasteiger partial charge >= 0.3 is 0 Å². The Kier molecular flexibility index (Phi) is 11.5. The lowest BCUT2D eigenvalue weighted by molar-refractivity contribution is 0.0956. The minimum atomic E-state index is -0.0142. The number of thiazole rings is 1. The molecule has 0 aliphatic heterocycles. The van der Waals surface area contributed by atoms with Crippen molar-refractivity contribution in [2.45, 2.75) is 33.6 Å². The summed E-state index contributed by atoms with van der Waals surface area (Å²) in [5.41, 5.74) is 6.32. The first kappa shape index (κ1) is 20.9. The van der Waals surface area contributed by atoms with Gasteiger partial charge in [-0.1, -0.05) is 13.8 Å². The first-order valence-electron chi connectivity index (χ1n) is 5.99. The first-order chi connectivity index (χ1) is 8.04. The average molecular weight is 328 g/mol. The van der Waals surface area contributed by atoms with Gasteiger partial charge in [-0.2, -0.15) is 0 Å². The number of aryl methyl sites for hydroxylation is 1. The van der Waals surface area contributed by atoms with Crippen LogP contribution in [0.1, 0.15) is 40.6 Å². The number of nitrogens with zero attached hydrogens (tertiary/aromatic N) is 1. The van der Waals surface area contributed by atoms with Gasteiger partial charge in [0.15, 0.2) is 0 Å². The predicted molar refractivity (Wildman–Crippen MR) is 85.9 cm³/mol. The van der Waals surface area contributed by atoms with Crippen molar-refractivity contribution in [1.29, 1.82) is 0 Å². The molecular formula is C12H23Cl2N3OS. The lowest BCUT2D eigenvalue weighted by Gasteiger charge is -2.06. The van der Waals surface area contributed by atoms with Gasteiger partial charge in [-0.25, -0.2) is 4.98 Å². The molecule has 0 spiro atoms. The summed E-state index contributed by atoms with van der Waals surface area (Å²) in [4.78, 5) is 17.1. The van der Waals surface area contributed by atoms with Gasteiger partial charge in [-0.15, -0.1) is 36.2 Å². The van der Waals surface area contributed by atoms with E-state index < -0.39 is 0 Å². The van der Waals surface area contributed by atoms with Crippen LogP contribution in [-0.4, -0.2) is 24.0 Å². The third-order valence-electron chi connectivity index (χ3n) is 2.28. The van der Waals surface area contributed by atoms with Crippen LogP contribution < -0.4 is 11.1 Å². The van der Waals surface area contributed by atoms with Crippen molar-refractivity contribution in [3.63, 3.8) is 0 Å². The van der Waals surface area contributed by atoms with Crippen molar-refractivity contribution in [3.8, 4) is 0 Å². The lowest BCUT2D eigenvalue weighted by atomic mass is 10.1. The van der Waals surface area contributed by atoms with E-state index in [0.717, 1.165) is 28.4 Å². The van der Waals surface area contributed by atoms with Crippen molar-refractivity contribution in [2.24, 2.45) is 11.7 Å². The SMILES string of the molecule is Cc1nc(CC(C)C)c(C(=O)NCCCN)s1.Cl.Cl. The van der Waals surface area contributed by atoms with Gasteiger partial charge in [0.05, 0.1) is 10.7 Å². The Labute approximate surface area is 131 Å². The smallest absolute Gasteiger partial charge is 0.263 e. The summed E-state index contributed by atoms with van der Waals surface area (Å²) in [6.07, 6.45) is 1.66. The molecule has 0 aromatic carbocycles. The number of aromatic nitrogens is 1. The van der Waals surface area contributed by atoms with Gasteiger partial charge < -0.3 is 11.1 Å². The molecule has 4 nitrogen and oxygen atoms in total. The molecule has 0 unspecified atom stereocenters. The fourth-order valence-electron chi connectivity index (χ4n) is 1.56. The van der Waals surface area contributed by atoms with Crippen LogP contribution in [0.4, 0.5) is 0 Å². The number of rotatable bonds is 6. The van der Waals surface area contributed by atoms with Crippen LogP contribution in [0.5, 0.6) is 0 Å². The molecular weight excluding hydrogens is 305 g/mol. The van der Waals surface area contributed by atoms with E-state index >= 15 is 0 Å². The van der Waals surface area contributed by atoms with Gasteiger partial charge in [0, 0.05) is 6.54 Å². The van der Waals surface area contributed by atoms with Crippen molar-refractivity contribution in [1.82, 2.24) is 10.3 Å². The molecule has 19 heavy (non-hydrogen) atoms. The quantitative estimate of drug-likeness (QED) is 0.789. The van der Waals surface area contributed by atoms with E-state index in [1.165, 1.54) is 11.3 Å². The Hall–Kier alpha value is -0.360. The highest BCUT2D eigenvalue weighted by Crippen LogP contribution is 2.20. The molecule has 1 aromatic rings. The second-order valence-corrected chi connectivity index (χ2v) is 5.71. The number of nitrogens with one attached hydrogen (secondary N) is 1. The molecule has 0 aliphatic rings. The maximum absolute atomic E-state index is 12.0. The monoisotopic (exact) mass is 327 g/mol. The predicted octanol–water partition coefficient (Wildman–Crippen LogP) is 2.57. The van der Waals surface area contributed by atoms with Crippen LogP contribution in [-0.2, 0) is 6.42 Å². The van der Waals surface area contributed by atoms with E-state index in [-0.39, 0.29) is 30.7 Å². The molecule has 1 heterocycles. The summed E-state index contributed by atoms with van der Waals surface area (Å²) in [6, 6.07) is 0. The second-order valence-electron chi connectivity index (χ2n) is 4.50. The number of nitrogens with two attached hydrogens (primary N) is 1. The third kappa shape index (κ3) is 7.11. The Morgan fingerprint density at radius 2 is 2.05 bits per heavy atom. The minimum absolute atomic E-state index is 0. The molecule has 1 rings (SSSR count). The Bertz CT molecular complexity index is 383. The van der Waals surface area contributed by atoms with E-state index in [2.05, 4.69) is 24.1 Å². The van der Waals surface area contributed by atoms with Crippen LogP contribution in [0, 0.1) is 12.8 Å². The van der Waals surface area contributed by atoms with Crippen molar-refractivity contribution < 1.29 is 4.79 Å². The van der Waals surface area contributed by atoms with Gasteiger partial charge in [-0.3, -0.25) is 4.79 Å². The fraction of sp³-hybridized carbons (Fsp3) is 0.667. The molecule has 0 atom stereocenters.